The van der Waals surface area contributed by atoms with Gasteiger partial charge in [0.15, 0.2) is 0 Å². The number of carbonyl (C=O) groups excluding carboxylic acids is 1. The van der Waals surface area contributed by atoms with Crippen LogP contribution < -0.4 is 11.1 Å². The average Bonchev–Trinajstić information content (AvgIpc) is 2.36. The molecule has 3 heteroatoms. The third-order valence-electron chi connectivity index (χ3n) is 4.19. The molecule has 0 aliphatic heterocycles. The normalized spacial score (nSPS) is 25.7. The third-order valence-corrected chi connectivity index (χ3v) is 4.19. The van der Waals surface area contributed by atoms with Crippen LogP contribution in [-0.2, 0) is 4.79 Å². The quantitative estimate of drug-likeness (QED) is 0.734. The average molecular weight is 254 g/mol. The lowest BCUT2D eigenvalue weighted by Gasteiger charge is -2.26. The van der Waals surface area contributed by atoms with E-state index in [-0.39, 0.29) is 5.91 Å². The van der Waals surface area contributed by atoms with Crippen molar-refractivity contribution in [3.63, 3.8) is 0 Å². The molecule has 0 saturated heterocycles. The molecule has 0 bridgehead atoms. The molecule has 1 aliphatic carbocycles. The minimum absolute atomic E-state index is 0.194. The molecule has 0 aromatic carbocycles. The number of nitrogens with one attached hydrogen (secondary N) is 1. The van der Waals surface area contributed by atoms with Crippen LogP contribution in [0.2, 0.25) is 0 Å². The lowest BCUT2D eigenvalue weighted by molar-refractivity contribution is -0.121. The Hall–Kier alpha value is -0.570. The van der Waals surface area contributed by atoms with E-state index in [1.807, 2.05) is 0 Å². The fourth-order valence-corrected chi connectivity index (χ4v) is 2.82. The largest absolute Gasteiger partial charge is 0.356 e. The summed E-state index contributed by atoms with van der Waals surface area (Å²) in [7, 11) is 0. The van der Waals surface area contributed by atoms with Gasteiger partial charge in [0, 0.05) is 13.0 Å². The Morgan fingerprint density at radius 3 is 2.89 bits per heavy atom. The minimum Gasteiger partial charge on any atom is -0.356 e. The number of amides is 1. The van der Waals surface area contributed by atoms with Crippen LogP contribution in [0.25, 0.3) is 0 Å². The summed E-state index contributed by atoms with van der Waals surface area (Å²) in [6.07, 6.45) is 8.14. The Kier molecular flexibility index (Phi) is 7.33. The molecule has 0 aromatic rings. The zero-order valence-electron chi connectivity index (χ0n) is 12.1. The van der Waals surface area contributed by atoms with Crippen molar-refractivity contribution in [2.75, 3.05) is 13.1 Å². The van der Waals surface area contributed by atoms with Crippen LogP contribution in [0.3, 0.4) is 0 Å². The lowest BCUT2D eigenvalue weighted by Crippen LogP contribution is -2.27. The SMILES string of the molecule is CC(CN)CCC(=O)NCCC1CCCC(C)C1. The molecule has 0 aromatic heterocycles. The summed E-state index contributed by atoms with van der Waals surface area (Å²) in [5.41, 5.74) is 5.54. The molecule has 3 atom stereocenters. The van der Waals surface area contributed by atoms with E-state index < -0.39 is 0 Å². The summed E-state index contributed by atoms with van der Waals surface area (Å²) < 4.78 is 0. The fourth-order valence-electron chi connectivity index (χ4n) is 2.82. The van der Waals surface area contributed by atoms with Gasteiger partial charge in [-0.25, -0.2) is 0 Å². The van der Waals surface area contributed by atoms with E-state index in [4.69, 9.17) is 5.73 Å². The predicted molar refractivity (Wildman–Crippen MR) is 76.2 cm³/mol. The highest BCUT2D eigenvalue weighted by Crippen LogP contribution is 2.30. The van der Waals surface area contributed by atoms with E-state index in [1.165, 1.54) is 25.7 Å². The van der Waals surface area contributed by atoms with Gasteiger partial charge in [-0.15, -0.1) is 0 Å². The highest BCUT2D eigenvalue weighted by Gasteiger charge is 2.18. The summed E-state index contributed by atoms with van der Waals surface area (Å²) in [5, 5.41) is 3.04. The van der Waals surface area contributed by atoms with Gasteiger partial charge in [0.05, 0.1) is 0 Å². The van der Waals surface area contributed by atoms with E-state index in [0.29, 0.717) is 18.9 Å². The smallest absolute Gasteiger partial charge is 0.220 e. The molecule has 0 radical (unpaired) electrons. The summed E-state index contributed by atoms with van der Waals surface area (Å²) >= 11 is 0. The Balaban J connectivity index is 2.04. The first kappa shape index (κ1) is 15.5. The van der Waals surface area contributed by atoms with Crippen LogP contribution in [0, 0.1) is 17.8 Å². The van der Waals surface area contributed by atoms with Crippen molar-refractivity contribution in [1.82, 2.24) is 5.32 Å². The van der Waals surface area contributed by atoms with Crippen LogP contribution >= 0.6 is 0 Å². The van der Waals surface area contributed by atoms with E-state index in [9.17, 15) is 4.79 Å². The summed E-state index contributed by atoms with van der Waals surface area (Å²) in [4.78, 5) is 11.6. The number of hydrogen-bond donors (Lipinski definition) is 2. The first-order chi connectivity index (χ1) is 8.61. The van der Waals surface area contributed by atoms with Crippen molar-refractivity contribution in [2.45, 2.75) is 58.8 Å². The van der Waals surface area contributed by atoms with Gasteiger partial charge in [-0.3, -0.25) is 4.79 Å². The van der Waals surface area contributed by atoms with Gasteiger partial charge < -0.3 is 11.1 Å². The summed E-state index contributed by atoms with van der Waals surface area (Å²) in [6.45, 7) is 5.97. The molecule has 1 saturated carbocycles. The van der Waals surface area contributed by atoms with E-state index in [1.54, 1.807) is 0 Å². The minimum atomic E-state index is 0.194. The van der Waals surface area contributed by atoms with Crippen molar-refractivity contribution < 1.29 is 4.79 Å². The monoisotopic (exact) mass is 254 g/mol. The van der Waals surface area contributed by atoms with Crippen molar-refractivity contribution in [3.05, 3.63) is 0 Å². The van der Waals surface area contributed by atoms with Gasteiger partial charge in [-0.05, 0) is 43.6 Å². The summed E-state index contributed by atoms with van der Waals surface area (Å²) in [6, 6.07) is 0. The Labute approximate surface area is 112 Å². The molecule has 0 spiro atoms. The van der Waals surface area contributed by atoms with Crippen molar-refractivity contribution >= 4 is 5.91 Å². The maximum Gasteiger partial charge on any atom is 0.220 e. The molecule has 3 N–H and O–H groups in total. The number of rotatable bonds is 7. The van der Waals surface area contributed by atoms with Gasteiger partial charge in [0.1, 0.15) is 0 Å². The van der Waals surface area contributed by atoms with Gasteiger partial charge in [0.2, 0.25) is 5.91 Å². The number of hydrogen-bond acceptors (Lipinski definition) is 2. The summed E-state index contributed by atoms with van der Waals surface area (Å²) in [5.74, 6) is 2.36. The van der Waals surface area contributed by atoms with E-state index in [2.05, 4.69) is 19.2 Å². The molecular formula is C15H30N2O. The second-order valence-corrected chi connectivity index (χ2v) is 6.16. The first-order valence-electron chi connectivity index (χ1n) is 7.58. The van der Waals surface area contributed by atoms with Gasteiger partial charge >= 0.3 is 0 Å². The van der Waals surface area contributed by atoms with Gasteiger partial charge in [-0.2, -0.15) is 0 Å². The second kappa shape index (κ2) is 8.52. The number of carbonyl (C=O) groups is 1. The fraction of sp³-hybridized carbons (Fsp3) is 0.933. The zero-order chi connectivity index (χ0) is 13.4. The Morgan fingerprint density at radius 2 is 2.22 bits per heavy atom. The molecule has 3 unspecified atom stereocenters. The Morgan fingerprint density at radius 1 is 1.44 bits per heavy atom. The van der Waals surface area contributed by atoms with Crippen molar-refractivity contribution in [2.24, 2.45) is 23.5 Å². The van der Waals surface area contributed by atoms with Gasteiger partial charge in [-0.1, -0.05) is 33.1 Å². The second-order valence-electron chi connectivity index (χ2n) is 6.16. The van der Waals surface area contributed by atoms with Crippen molar-refractivity contribution in [1.29, 1.82) is 0 Å². The molecule has 1 rings (SSSR count). The highest BCUT2D eigenvalue weighted by molar-refractivity contribution is 5.75. The molecule has 1 aliphatic rings. The molecule has 106 valence electrons. The first-order valence-corrected chi connectivity index (χ1v) is 7.58. The predicted octanol–water partition coefficient (Wildman–Crippen LogP) is 2.69. The van der Waals surface area contributed by atoms with Crippen LogP contribution in [0.4, 0.5) is 0 Å². The third kappa shape index (κ3) is 6.39. The molecule has 18 heavy (non-hydrogen) atoms. The molecule has 1 amide bonds. The number of nitrogens with two attached hydrogens (primary N) is 1. The highest BCUT2D eigenvalue weighted by atomic mass is 16.1. The van der Waals surface area contributed by atoms with Crippen LogP contribution in [0.5, 0.6) is 0 Å². The topological polar surface area (TPSA) is 55.1 Å². The maximum absolute atomic E-state index is 11.6. The van der Waals surface area contributed by atoms with Crippen LogP contribution in [-0.4, -0.2) is 19.0 Å². The van der Waals surface area contributed by atoms with Crippen molar-refractivity contribution in [3.8, 4) is 0 Å². The molecular weight excluding hydrogens is 224 g/mol. The van der Waals surface area contributed by atoms with E-state index in [0.717, 1.165) is 31.2 Å². The standard InChI is InChI=1S/C15H30N2O/c1-12-4-3-5-14(10-12)8-9-17-15(18)7-6-13(2)11-16/h12-14H,3-11,16H2,1-2H3,(H,17,18). The molecule has 0 heterocycles. The van der Waals surface area contributed by atoms with E-state index >= 15 is 0 Å². The van der Waals surface area contributed by atoms with Gasteiger partial charge in [0.25, 0.3) is 0 Å². The Bertz CT molecular complexity index is 243. The molecule has 3 nitrogen and oxygen atoms in total. The zero-order valence-corrected chi connectivity index (χ0v) is 12.1. The lowest BCUT2D eigenvalue weighted by atomic mass is 9.81. The van der Waals surface area contributed by atoms with Crippen LogP contribution in [0.1, 0.15) is 58.8 Å². The van der Waals surface area contributed by atoms with Crippen LogP contribution in [0.15, 0.2) is 0 Å². The molecule has 1 fully saturated rings. The maximum atomic E-state index is 11.6.